The second-order valence-corrected chi connectivity index (χ2v) is 8.72. The van der Waals surface area contributed by atoms with Crippen molar-refractivity contribution in [2.75, 3.05) is 13.7 Å². The van der Waals surface area contributed by atoms with Gasteiger partial charge in [0.05, 0.1) is 19.2 Å². The Hall–Kier alpha value is -3.36. The first-order chi connectivity index (χ1) is 16.5. The van der Waals surface area contributed by atoms with Crippen LogP contribution in [-0.4, -0.2) is 43.8 Å². The second-order valence-electron chi connectivity index (χ2n) is 8.72. The fourth-order valence-electron chi connectivity index (χ4n) is 4.34. The fraction of sp³-hybridized carbons (Fsp3) is 0.385. The molecule has 2 aromatic heterocycles. The molecule has 0 saturated carbocycles. The predicted octanol–water partition coefficient (Wildman–Crippen LogP) is 3.93. The summed E-state index contributed by atoms with van der Waals surface area (Å²) in [6.07, 6.45) is 0.796. The highest BCUT2D eigenvalue weighted by Gasteiger charge is 2.26. The van der Waals surface area contributed by atoms with Crippen LogP contribution in [0.2, 0.25) is 0 Å². The van der Waals surface area contributed by atoms with Crippen molar-refractivity contribution in [2.45, 2.75) is 52.9 Å². The highest BCUT2D eigenvalue weighted by Crippen LogP contribution is 2.27. The van der Waals surface area contributed by atoms with Gasteiger partial charge < -0.3 is 9.72 Å². The zero-order chi connectivity index (χ0) is 24.1. The molecule has 0 aliphatic carbocycles. The maximum Gasteiger partial charge on any atom is 0.252 e. The number of benzene rings is 2. The number of H-pyrrole nitrogens is 1. The van der Waals surface area contributed by atoms with E-state index in [0.29, 0.717) is 26.2 Å². The molecular weight excluding hydrogens is 428 g/mol. The van der Waals surface area contributed by atoms with Crippen molar-refractivity contribution in [3.05, 3.63) is 87.0 Å². The SMILES string of the molecule is CC[C@H](c1nnnn1CCOC)N(Cc1ccccc1)Cc1cc2cc(C)c(C)cc2[nH]c1=O. The molecule has 4 rings (SSSR count). The Morgan fingerprint density at radius 1 is 1.09 bits per heavy atom. The number of aromatic nitrogens is 5. The average Bonchev–Trinajstić information content (AvgIpc) is 3.29. The van der Waals surface area contributed by atoms with E-state index in [-0.39, 0.29) is 11.6 Å². The molecular formula is C26H32N6O2. The fourth-order valence-corrected chi connectivity index (χ4v) is 4.34. The van der Waals surface area contributed by atoms with E-state index < -0.39 is 0 Å². The highest BCUT2D eigenvalue weighted by molar-refractivity contribution is 5.80. The lowest BCUT2D eigenvalue weighted by atomic mass is 10.0. The van der Waals surface area contributed by atoms with Gasteiger partial charge in [0, 0.05) is 31.3 Å². The molecule has 34 heavy (non-hydrogen) atoms. The molecule has 1 atom stereocenters. The third-order valence-corrected chi connectivity index (χ3v) is 6.33. The van der Waals surface area contributed by atoms with Crippen molar-refractivity contribution in [2.24, 2.45) is 0 Å². The van der Waals surface area contributed by atoms with Crippen LogP contribution in [0.5, 0.6) is 0 Å². The smallest absolute Gasteiger partial charge is 0.252 e. The van der Waals surface area contributed by atoms with Crippen LogP contribution in [0, 0.1) is 13.8 Å². The Balaban J connectivity index is 1.73. The summed E-state index contributed by atoms with van der Waals surface area (Å²) in [5, 5.41) is 13.5. The highest BCUT2D eigenvalue weighted by atomic mass is 16.5. The number of tetrazole rings is 1. The van der Waals surface area contributed by atoms with Crippen molar-refractivity contribution < 1.29 is 4.74 Å². The van der Waals surface area contributed by atoms with Crippen molar-refractivity contribution in [1.29, 1.82) is 0 Å². The van der Waals surface area contributed by atoms with Crippen LogP contribution in [0.15, 0.2) is 53.3 Å². The molecule has 0 bridgehead atoms. The molecule has 178 valence electrons. The summed E-state index contributed by atoms with van der Waals surface area (Å²) in [7, 11) is 1.66. The van der Waals surface area contributed by atoms with E-state index in [0.717, 1.165) is 34.3 Å². The number of nitrogens with one attached hydrogen (secondary N) is 1. The molecule has 8 nitrogen and oxygen atoms in total. The predicted molar refractivity (Wildman–Crippen MR) is 132 cm³/mol. The van der Waals surface area contributed by atoms with E-state index in [1.807, 2.05) is 30.3 Å². The first-order valence-corrected chi connectivity index (χ1v) is 11.7. The van der Waals surface area contributed by atoms with Crippen LogP contribution in [0.1, 0.15) is 47.5 Å². The first-order valence-electron chi connectivity index (χ1n) is 11.7. The molecule has 2 aromatic carbocycles. The van der Waals surface area contributed by atoms with E-state index >= 15 is 0 Å². The Kier molecular flexibility index (Phi) is 7.49. The number of pyridine rings is 1. The van der Waals surface area contributed by atoms with Gasteiger partial charge >= 0.3 is 0 Å². The van der Waals surface area contributed by atoms with Gasteiger partial charge in [0.2, 0.25) is 0 Å². The number of ether oxygens (including phenoxy) is 1. The summed E-state index contributed by atoms with van der Waals surface area (Å²) in [6, 6.07) is 16.4. The van der Waals surface area contributed by atoms with Gasteiger partial charge in [0.1, 0.15) is 0 Å². The number of nitrogens with zero attached hydrogens (tertiary/aromatic N) is 5. The molecule has 2 heterocycles. The van der Waals surface area contributed by atoms with Crippen LogP contribution in [0.4, 0.5) is 0 Å². The number of fused-ring (bicyclic) bond motifs is 1. The normalized spacial score (nSPS) is 12.5. The molecule has 4 aromatic rings. The number of rotatable bonds is 10. The molecule has 0 aliphatic heterocycles. The topological polar surface area (TPSA) is 88.9 Å². The minimum atomic E-state index is -0.0677. The third kappa shape index (κ3) is 5.24. The summed E-state index contributed by atoms with van der Waals surface area (Å²) < 4.78 is 7.03. The van der Waals surface area contributed by atoms with Crippen LogP contribution < -0.4 is 5.56 Å². The second kappa shape index (κ2) is 10.7. The van der Waals surface area contributed by atoms with Crippen LogP contribution in [0.25, 0.3) is 10.9 Å². The summed E-state index contributed by atoms with van der Waals surface area (Å²) in [6.45, 7) is 8.51. The molecule has 0 saturated heterocycles. The lowest BCUT2D eigenvalue weighted by Crippen LogP contribution is -2.32. The molecule has 0 amide bonds. The van der Waals surface area contributed by atoms with E-state index in [9.17, 15) is 4.79 Å². The zero-order valence-corrected chi connectivity index (χ0v) is 20.3. The summed E-state index contributed by atoms with van der Waals surface area (Å²) in [4.78, 5) is 18.4. The lowest BCUT2D eigenvalue weighted by molar-refractivity contribution is 0.151. The Labute approximate surface area is 199 Å². The van der Waals surface area contributed by atoms with Crippen molar-refractivity contribution >= 4 is 10.9 Å². The minimum absolute atomic E-state index is 0.0670. The van der Waals surface area contributed by atoms with Gasteiger partial charge in [-0.25, -0.2) is 4.68 Å². The maximum atomic E-state index is 13.1. The number of aromatic amines is 1. The number of methoxy groups -OCH3 is 1. The van der Waals surface area contributed by atoms with Gasteiger partial charge in [0.15, 0.2) is 5.82 Å². The molecule has 0 aliphatic rings. The lowest BCUT2D eigenvalue weighted by Gasteiger charge is -2.30. The van der Waals surface area contributed by atoms with Gasteiger partial charge in [-0.2, -0.15) is 0 Å². The molecule has 1 N–H and O–H groups in total. The van der Waals surface area contributed by atoms with Gasteiger partial charge in [0.25, 0.3) is 5.56 Å². The zero-order valence-electron chi connectivity index (χ0n) is 20.3. The Morgan fingerprint density at radius 3 is 2.59 bits per heavy atom. The van der Waals surface area contributed by atoms with Crippen LogP contribution in [-0.2, 0) is 24.4 Å². The summed E-state index contributed by atoms with van der Waals surface area (Å²) in [5.74, 6) is 0.777. The number of hydrogen-bond acceptors (Lipinski definition) is 6. The van der Waals surface area contributed by atoms with Gasteiger partial charge in [-0.3, -0.25) is 9.69 Å². The standard InChI is InChI=1S/C26H32N6O2/c1-5-24(25-28-29-30-32(25)11-12-34-4)31(16-20-9-7-6-8-10-20)17-22-15-21-13-18(2)19(3)14-23(21)27-26(22)33/h6-10,13-15,24H,5,11-12,16-17H2,1-4H3,(H,27,33)/t24-/m1/s1. The van der Waals surface area contributed by atoms with Crippen molar-refractivity contribution in [1.82, 2.24) is 30.1 Å². The quantitative estimate of drug-likeness (QED) is 0.386. The van der Waals surface area contributed by atoms with E-state index in [1.165, 1.54) is 11.1 Å². The largest absolute Gasteiger partial charge is 0.383 e. The minimum Gasteiger partial charge on any atom is -0.383 e. The van der Waals surface area contributed by atoms with Gasteiger partial charge in [-0.05, 0) is 71.0 Å². The molecule has 0 fully saturated rings. The van der Waals surface area contributed by atoms with Crippen molar-refractivity contribution in [3.63, 3.8) is 0 Å². The van der Waals surface area contributed by atoms with Crippen LogP contribution >= 0.6 is 0 Å². The van der Waals surface area contributed by atoms with E-state index in [4.69, 9.17) is 4.74 Å². The maximum absolute atomic E-state index is 13.1. The number of hydrogen-bond donors (Lipinski definition) is 1. The molecule has 0 spiro atoms. The van der Waals surface area contributed by atoms with Crippen molar-refractivity contribution in [3.8, 4) is 0 Å². The number of aryl methyl sites for hydroxylation is 2. The molecule has 8 heteroatoms. The summed E-state index contributed by atoms with van der Waals surface area (Å²) in [5.41, 5.74) is 5.05. The van der Waals surface area contributed by atoms with Crippen LogP contribution in [0.3, 0.4) is 0 Å². The third-order valence-electron chi connectivity index (χ3n) is 6.33. The monoisotopic (exact) mass is 460 g/mol. The molecule has 0 radical (unpaired) electrons. The Bertz CT molecular complexity index is 1300. The van der Waals surface area contributed by atoms with Gasteiger partial charge in [-0.1, -0.05) is 37.3 Å². The van der Waals surface area contributed by atoms with Gasteiger partial charge in [-0.15, -0.1) is 5.10 Å². The average molecular weight is 461 g/mol. The molecule has 0 unspecified atom stereocenters. The summed E-state index contributed by atoms with van der Waals surface area (Å²) >= 11 is 0. The Morgan fingerprint density at radius 2 is 1.85 bits per heavy atom. The van der Waals surface area contributed by atoms with E-state index in [1.54, 1.807) is 11.8 Å². The van der Waals surface area contributed by atoms with E-state index in [2.05, 4.69) is 64.4 Å². The first kappa shape index (κ1) is 23.8.